The maximum absolute atomic E-state index is 11.9. The number of likely N-dealkylation sites (N-methyl/N-ethyl adjacent to an activating group) is 1. The highest BCUT2D eigenvalue weighted by Crippen LogP contribution is 2.21. The van der Waals surface area contributed by atoms with Crippen LogP contribution in [0.5, 0.6) is 0 Å². The number of hydrogen-bond donors (Lipinski definition) is 1. The summed E-state index contributed by atoms with van der Waals surface area (Å²) in [6.45, 7) is 3.63. The largest absolute Gasteiger partial charge is 0.322 e. The van der Waals surface area contributed by atoms with Gasteiger partial charge in [0.2, 0.25) is 0 Å². The SMILES string of the molecule is CN1CCN(C(=O)NC=C2CCCCC2)CC1. The Labute approximate surface area is 104 Å². The Hall–Kier alpha value is -1.03. The number of carbonyl (C=O) groups is 1. The van der Waals surface area contributed by atoms with Crippen LogP contribution in [0.1, 0.15) is 32.1 Å². The quantitative estimate of drug-likeness (QED) is 0.754. The van der Waals surface area contributed by atoms with Crippen molar-refractivity contribution in [2.45, 2.75) is 32.1 Å². The van der Waals surface area contributed by atoms with Gasteiger partial charge in [0, 0.05) is 32.4 Å². The molecular formula is C13H23N3O. The first-order valence-electron chi connectivity index (χ1n) is 6.67. The lowest BCUT2D eigenvalue weighted by Gasteiger charge is -2.32. The number of amides is 2. The van der Waals surface area contributed by atoms with Gasteiger partial charge in [0.05, 0.1) is 0 Å². The van der Waals surface area contributed by atoms with Crippen LogP contribution in [0.25, 0.3) is 0 Å². The maximum Gasteiger partial charge on any atom is 0.321 e. The lowest BCUT2D eigenvalue weighted by molar-refractivity contribution is 0.157. The van der Waals surface area contributed by atoms with Gasteiger partial charge in [-0.2, -0.15) is 0 Å². The molecule has 2 fully saturated rings. The van der Waals surface area contributed by atoms with Gasteiger partial charge in [-0.15, -0.1) is 0 Å². The average molecular weight is 237 g/mol. The smallest absolute Gasteiger partial charge is 0.321 e. The summed E-state index contributed by atoms with van der Waals surface area (Å²) in [6, 6.07) is 0.0659. The van der Waals surface area contributed by atoms with E-state index in [2.05, 4.69) is 17.3 Å². The fraction of sp³-hybridized carbons (Fsp3) is 0.769. The van der Waals surface area contributed by atoms with Gasteiger partial charge in [-0.1, -0.05) is 12.0 Å². The second kappa shape index (κ2) is 6.05. The van der Waals surface area contributed by atoms with Crippen LogP contribution in [0, 0.1) is 0 Å². The molecule has 0 aromatic rings. The van der Waals surface area contributed by atoms with Crippen LogP contribution in [0.15, 0.2) is 11.8 Å². The van der Waals surface area contributed by atoms with Crippen LogP contribution in [-0.2, 0) is 0 Å². The molecule has 96 valence electrons. The van der Waals surface area contributed by atoms with E-state index in [1.807, 2.05) is 11.1 Å². The van der Waals surface area contributed by atoms with E-state index < -0.39 is 0 Å². The monoisotopic (exact) mass is 237 g/mol. The van der Waals surface area contributed by atoms with Crippen LogP contribution in [0.3, 0.4) is 0 Å². The number of urea groups is 1. The van der Waals surface area contributed by atoms with Gasteiger partial charge in [0.1, 0.15) is 0 Å². The lowest BCUT2D eigenvalue weighted by Crippen LogP contribution is -2.49. The summed E-state index contributed by atoms with van der Waals surface area (Å²) in [4.78, 5) is 16.1. The molecule has 4 nitrogen and oxygen atoms in total. The molecule has 2 aliphatic rings. The van der Waals surface area contributed by atoms with E-state index in [9.17, 15) is 4.79 Å². The first-order chi connectivity index (χ1) is 8.25. The van der Waals surface area contributed by atoms with Crippen LogP contribution in [0.4, 0.5) is 4.79 Å². The molecule has 0 radical (unpaired) electrons. The molecular weight excluding hydrogens is 214 g/mol. The third kappa shape index (κ3) is 3.73. The first kappa shape index (κ1) is 12.4. The third-order valence-corrected chi connectivity index (χ3v) is 3.69. The van der Waals surface area contributed by atoms with Crippen LogP contribution < -0.4 is 5.32 Å². The Balaban J connectivity index is 1.76. The molecule has 1 N–H and O–H groups in total. The molecule has 0 atom stereocenters. The van der Waals surface area contributed by atoms with E-state index in [0.29, 0.717) is 0 Å². The fourth-order valence-electron chi connectivity index (χ4n) is 2.41. The molecule has 0 unspecified atom stereocenters. The van der Waals surface area contributed by atoms with Gasteiger partial charge in [-0.05, 0) is 32.7 Å². The Bertz CT molecular complexity index is 285. The Kier molecular flexibility index (Phi) is 4.42. The summed E-state index contributed by atoms with van der Waals surface area (Å²) < 4.78 is 0. The minimum Gasteiger partial charge on any atom is -0.322 e. The summed E-state index contributed by atoms with van der Waals surface area (Å²) in [5.74, 6) is 0. The molecule has 1 saturated carbocycles. The summed E-state index contributed by atoms with van der Waals surface area (Å²) >= 11 is 0. The maximum atomic E-state index is 11.9. The van der Waals surface area contributed by atoms with Crippen molar-refractivity contribution in [2.75, 3.05) is 33.2 Å². The normalized spacial score (nSPS) is 22.4. The molecule has 0 bridgehead atoms. The van der Waals surface area contributed by atoms with Gasteiger partial charge >= 0.3 is 6.03 Å². The van der Waals surface area contributed by atoms with Crippen molar-refractivity contribution in [2.24, 2.45) is 0 Å². The number of rotatable bonds is 1. The summed E-state index contributed by atoms with van der Waals surface area (Å²) in [5.41, 5.74) is 1.40. The number of allylic oxidation sites excluding steroid dienone is 1. The zero-order valence-electron chi connectivity index (χ0n) is 10.7. The fourth-order valence-corrected chi connectivity index (χ4v) is 2.41. The minimum absolute atomic E-state index is 0.0659. The van der Waals surface area contributed by atoms with Crippen LogP contribution in [-0.4, -0.2) is 49.1 Å². The van der Waals surface area contributed by atoms with Crippen molar-refractivity contribution in [1.82, 2.24) is 15.1 Å². The Morgan fingerprint density at radius 2 is 1.76 bits per heavy atom. The molecule has 0 spiro atoms. The van der Waals surface area contributed by atoms with E-state index in [1.165, 1.54) is 24.8 Å². The van der Waals surface area contributed by atoms with Crippen molar-refractivity contribution in [1.29, 1.82) is 0 Å². The third-order valence-electron chi connectivity index (χ3n) is 3.69. The van der Waals surface area contributed by atoms with Gasteiger partial charge in [-0.25, -0.2) is 4.79 Å². The molecule has 2 rings (SSSR count). The zero-order chi connectivity index (χ0) is 12.1. The molecule has 17 heavy (non-hydrogen) atoms. The summed E-state index contributed by atoms with van der Waals surface area (Å²) in [6.07, 6.45) is 8.14. The topological polar surface area (TPSA) is 35.6 Å². The van der Waals surface area contributed by atoms with Crippen molar-refractivity contribution >= 4 is 6.03 Å². The number of hydrogen-bond acceptors (Lipinski definition) is 2. The predicted molar refractivity (Wildman–Crippen MR) is 68.8 cm³/mol. The van der Waals surface area contributed by atoms with Gasteiger partial charge in [0.25, 0.3) is 0 Å². The van der Waals surface area contributed by atoms with E-state index >= 15 is 0 Å². The average Bonchev–Trinajstić information content (AvgIpc) is 2.38. The zero-order valence-corrected chi connectivity index (χ0v) is 10.7. The van der Waals surface area contributed by atoms with Gasteiger partial charge in [0.15, 0.2) is 0 Å². The molecule has 0 aromatic carbocycles. The minimum atomic E-state index is 0.0659. The highest BCUT2D eigenvalue weighted by atomic mass is 16.2. The van der Waals surface area contributed by atoms with Crippen molar-refractivity contribution in [3.05, 3.63) is 11.8 Å². The second-order valence-corrected chi connectivity index (χ2v) is 5.10. The number of piperazine rings is 1. The Morgan fingerprint density at radius 3 is 2.41 bits per heavy atom. The summed E-state index contributed by atoms with van der Waals surface area (Å²) in [7, 11) is 2.10. The summed E-state index contributed by atoms with van der Waals surface area (Å²) in [5, 5.41) is 2.94. The molecule has 0 aromatic heterocycles. The molecule has 2 amide bonds. The van der Waals surface area contributed by atoms with E-state index in [-0.39, 0.29) is 6.03 Å². The number of nitrogens with one attached hydrogen (secondary N) is 1. The van der Waals surface area contributed by atoms with E-state index in [4.69, 9.17) is 0 Å². The van der Waals surface area contributed by atoms with Gasteiger partial charge in [-0.3, -0.25) is 0 Å². The molecule has 1 aliphatic carbocycles. The van der Waals surface area contributed by atoms with Crippen LogP contribution >= 0.6 is 0 Å². The number of carbonyl (C=O) groups excluding carboxylic acids is 1. The van der Waals surface area contributed by atoms with Crippen molar-refractivity contribution in [3.8, 4) is 0 Å². The Morgan fingerprint density at radius 1 is 1.12 bits per heavy atom. The van der Waals surface area contributed by atoms with E-state index in [0.717, 1.165) is 39.0 Å². The van der Waals surface area contributed by atoms with Crippen molar-refractivity contribution < 1.29 is 4.79 Å². The standard InChI is InChI=1S/C13H23N3O/c1-15-7-9-16(10-8-15)13(17)14-11-12-5-3-2-4-6-12/h11H,2-10H2,1H3,(H,14,17). The molecule has 1 aliphatic heterocycles. The lowest BCUT2D eigenvalue weighted by atomic mass is 9.96. The highest BCUT2D eigenvalue weighted by Gasteiger charge is 2.18. The van der Waals surface area contributed by atoms with Crippen LogP contribution in [0.2, 0.25) is 0 Å². The molecule has 4 heteroatoms. The van der Waals surface area contributed by atoms with Gasteiger partial charge < -0.3 is 15.1 Å². The second-order valence-electron chi connectivity index (χ2n) is 5.10. The molecule has 1 heterocycles. The molecule has 1 saturated heterocycles. The highest BCUT2D eigenvalue weighted by molar-refractivity contribution is 5.75. The van der Waals surface area contributed by atoms with E-state index in [1.54, 1.807) is 0 Å². The number of nitrogens with zero attached hydrogens (tertiary/aromatic N) is 2. The van der Waals surface area contributed by atoms with Crippen molar-refractivity contribution in [3.63, 3.8) is 0 Å². The predicted octanol–water partition coefficient (Wildman–Crippen LogP) is 1.79. The first-order valence-corrected chi connectivity index (χ1v) is 6.67.